The van der Waals surface area contributed by atoms with Gasteiger partial charge in [0.05, 0.1) is 12.3 Å². The molecule has 1 rings (SSSR count). The molecule has 152 valence electrons. The zero-order chi connectivity index (χ0) is 20.6. The van der Waals surface area contributed by atoms with Crippen molar-refractivity contribution in [3.8, 4) is 0 Å². The van der Waals surface area contributed by atoms with E-state index in [1.807, 2.05) is 13.8 Å². The van der Waals surface area contributed by atoms with E-state index < -0.39 is 28.1 Å². The molecule has 2 atom stereocenters. The quantitative estimate of drug-likeness (QED) is 0.447. The van der Waals surface area contributed by atoms with Crippen molar-refractivity contribution in [2.24, 2.45) is 5.92 Å². The number of carboxylic acid groups (broad SMARTS) is 1. The molecule has 4 N–H and O–H groups in total. The summed E-state index contributed by atoms with van der Waals surface area (Å²) in [6, 6.07) is 5.28. The molecule has 0 saturated carbocycles. The molecule has 0 aliphatic rings. The number of nitrogens with one attached hydrogen (secondary N) is 3. The lowest BCUT2D eigenvalue weighted by Gasteiger charge is -2.23. The van der Waals surface area contributed by atoms with Crippen molar-refractivity contribution in [1.82, 2.24) is 10.6 Å². The van der Waals surface area contributed by atoms with Crippen LogP contribution in [0.5, 0.6) is 0 Å². The minimum Gasteiger partial charge on any atom is -0.480 e. The molecule has 0 bridgehead atoms. The number of benzene rings is 1. The standard InChI is InChI=1S/C18H29N3O5S/c1-5-15(18(23)24)20-16(10-12(2)3)17(22)19-11-13-6-8-14(9-7-13)21-27(4,25)26/h6-9,12,15-16,20-21H,5,10-11H2,1-4H3,(H,19,22)(H,23,24). The van der Waals surface area contributed by atoms with Crippen LogP contribution in [0.2, 0.25) is 0 Å². The molecular weight excluding hydrogens is 370 g/mol. The van der Waals surface area contributed by atoms with Crippen LogP contribution in [0.3, 0.4) is 0 Å². The van der Waals surface area contributed by atoms with Gasteiger partial charge >= 0.3 is 5.97 Å². The van der Waals surface area contributed by atoms with Crippen LogP contribution in [0.25, 0.3) is 0 Å². The summed E-state index contributed by atoms with van der Waals surface area (Å²) in [5.41, 5.74) is 1.25. The van der Waals surface area contributed by atoms with Gasteiger partial charge in [-0.05, 0) is 36.5 Å². The van der Waals surface area contributed by atoms with E-state index in [4.69, 9.17) is 0 Å². The van der Waals surface area contributed by atoms with Crippen LogP contribution in [-0.2, 0) is 26.2 Å². The fourth-order valence-electron chi connectivity index (χ4n) is 2.55. The fraction of sp³-hybridized carbons (Fsp3) is 0.556. The first-order chi connectivity index (χ1) is 12.5. The van der Waals surface area contributed by atoms with E-state index in [9.17, 15) is 23.1 Å². The van der Waals surface area contributed by atoms with Crippen LogP contribution in [0.4, 0.5) is 5.69 Å². The Bertz CT molecular complexity index is 732. The lowest BCUT2D eigenvalue weighted by atomic mass is 10.0. The lowest BCUT2D eigenvalue weighted by Crippen LogP contribution is -2.51. The molecule has 2 unspecified atom stereocenters. The summed E-state index contributed by atoms with van der Waals surface area (Å²) in [5, 5.41) is 14.9. The van der Waals surface area contributed by atoms with Crippen molar-refractivity contribution in [3.05, 3.63) is 29.8 Å². The summed E-state index contributed by atoms with van der Waals surface area (Å²) in [6.07, 6.45) is 1.97. The summed E-state index contributed by atoms with van der Waals surface area (Å²) in [5.74, 6) is -1.02. The van der Waals surface area contributed by atoms with Crippen molar-refractivity contribution in [2.75, 3.05) is 11.0 Å². The van der Waals surface area contributed by atoms with Gasteiger partial charge in [0, 0.05) is 12.2 Å². The van der Waals surface area contributed by atoms with Crippen LogP contribution < -0.4 is 15.4 Å². The van der Waals surface area contributed by atoms with E-state index >= 15 is 0 Å². The zero-order valence-corrected chi connectivity index (χ0v) is 17.0. The number of anilines is 1. The third kappa shape index (κ3) is 8.87. The highest BCUT2D eigenvalue weighted by Gasteiger charge is 2.25. The van der Waals surface area contributed by atoms with Gasteiger partial charge in [0.2, 0.25) is 15.9 Å². The maximum absolute atomic E-state index is 12.5. The topological polar surface area (TPSA) is 125 Å². The molecule has 0 spiro atoms. The van der Waals surface area contributed by atoms with Crippen LogP contribution in [-0.4, -0.2) is 43.7 Å². The Morgan fingerprint density at radius 1 is 1.11 bits per heavy atom. The minimum absolute atomic E-state index is 0.223. The maximum Gasteiger partial charge on any atom is 0.320 e. The highest BCUT2D eigenvalue weighted by molar-refractivity contribution is 7.92. The number of carbonyl (C=O) groups excluding carboxylic acids is 1. The average Bonchev–Trinajstić information content (AvgIpc) is 2.55. The SMILES string of the molecule is CCC(NC(CC(C)C)C(=O)NCc1ccc(NS(C)(=O)=O)cc1)C(=O)O. The zero-order valence-electron chi connectivity index (χ0n) is 16.2. The first-order valence-corrected chi connectivity index (χ1v) is 10.7. The molecule has 1 amide bonds. The van der Waals surface area contributed by atoms with Gasteiger partial charge in [-0.1, -0.05) is 32.9 Å². The van der Waals surface area contributed by atoms with E-state index in [-0.39, 0.29) is 18.4 Å². The molecule has 0 aliphatic carbocycles. The molecule has 27 heavy (non-hydrogen) atoms. The van der Waals surface area contributed by atoms with Gasteiger partial charge in [-0.15, -0.1) is 0 Å². The number of amides is 1. The fourth-order valence-corrected chi connectivity index (χ4v) is 3.11. The number of carbonyl (C=O) groups is 2. The Balaban J connectivity index is 2.71. The number of aliphatic carboxylic acids is 1. The number of sulfonamides is 1. The van der Waals surface area contributed by atoms with E-state index in [0.717, 1.165) is 11.8 Å². The Labute approximate surface area is 160 Å². The summed E-state index contributed by atoms with van der Waals surface area (Å²) in [6.45, 7) is 5.95. The molecular formula is C18H29N3O5S. The lowest BCUT2D eigenvalue weighted by molar-refractivity contribution is -0.140. The van der Waals surface area contributed by atoms with Crippen molar-refractivity contribution in [1.29, 1.82) is 0 Å². The Kier molecular flexibility index (Phi) is 8.71. The second kappa shape index (κ2) is 10.3. The molecule has 0 aliphatic heterocycles. The third-order valence-electron chi connectivity index (χ3n) is 3.86. The van der Waals surface area contributed by atoms with Crippen molar-refractivity contribution in [3.63, 3.8) is 0 Å². The Morgan fingerprint density at radius 3 is 2.15 bits per heavy atom. The third-order valence-corrected chi connectivity index (χ3v) is 4.46. The van der Waals surface area contributed by atoms with Crippen molar-refractivity contribution >= 4 is 27.6 Å². The van der Waals surface area contributed by atoms with Gasteiger partial charge in [0.1, 0.15) is 6.04 Å². The monoisotopic (exact) mass is 399 g/mol. The smallest absolute Gasteiger partial charge is 0.320 e. The molecule has 8 nitrogen and oxygen atoms in total. The summed E-state index contributed by atoms with van der Waals surface area (Å²) in [7, 11) is -3.34. The summed E-state index contributed by atoms with van der Waals surface area (Å²) in [4.78, 5) is 23.8. The van der Waals surface area contributed by atoms with Crippen LogP contribution >= 0.6 is 0 Å². The van der Waals surface area contributed by atoms with Gasteiger partial charge in [-0.3, -0.25) is 19.6 Å². The van der Waals surface area contributed by atoms with E-state index in [2.05, 4.69) is 15.4 Å². The molecule has 0 heterocycles. The largest absolute Gasteiger partial charge is 0.480 e. The van der Waals surface area contributed by atoms with Gasteiger partial charge in [-0.25, -0.2) is 8.42 Å². The number of rotatable bonds is 11. The maximum atomic E-state index is 12.5. The summed E-state index contributed by atoms with van der Waals surface area (Å²) >= 11 is 0. The predicted octanol–water partition coefficient (Wildman–Crippen LogP) is 1.54. The van der Waals surface area contributed by atoms with E-state index in [1.165, 1.54) is 0 Å². The second-order valence-electron chi connectivity index (χ2n) is 6.94. The van der Waals surface area contributed by atoms with Crippen LogP contribution in [0, 0.1) is 5.92 Å². The first kappa shape index (κ1) is 22.9. The van der Waals surface area contributed by atoms with Gasteiger partial charge in [0.25, 0.3) is 0 Å². The number of hydrogen-bond acceptors (Lipinski definition) is 5. The number of carboxylic acids is 1. The molecule has 1 aromatic carbocycles. The predicted molar refractivity (Wildman–Crippen MR) is 105 cm³/mol. The molecule has 0 saturated heterocycles. The molecule has 0 fully saturated rings. The molecule has 9 heteroatoms. The Hall–Kier alpha value is -2.13. The summed E-state index contributed by atoms with van der Waals surface area (Å²) < 4.78 is 24.8. The molecule has 0 aromatic heterocycles. The highest BCUT2D eigenvalue weighted by Crippen LogP contribution is 2.11. The second-order valence-corrected chi connectivity index (χ2v) is 8.69. The normalized spacial score (nSPS) is 13.8. The van der Waals surface area contributed by atoms with Crippen molar-refractivity contribution in [2.45, 2.75) is 52.2 Å². The highest BCUT2D eigenvalue weighted by atomic mass is 32.2. The first-order valence-electron chi connectivity index (χ1n) is 8.85. The molecule has 1 aromatic rings. The number of hydrogen-bond donors (Lipinski definition) is 4. The van der Waals surface area contributed by atoms with Crippen molar-refractivity contribution < 1.29 is 23.1 Å². The minimum atomic E-state index is -3.34. The van der Waals surface area contributed by atoms with Crippen LogP contribution in [0.1, 0.15) is 39.2 Å². The van der Waals surface area contributed by atoms with E-state index in [1.54, 1.807) is 31.2 Å². The van der Waals surface area contributed by atoms with Gasteiger partial charge in [0.15, 0.2) is 0 Å². The average molecular weight is 400 g/mol. The van der Waals surface area contributed by atoms with E-state index in [0.29, 0.717) is 18.5 Å². The Morgan fingerprint density at radius 2 is 1.70 bits per heavy atom. The molecule has 0 radical (unpaired) electrons. The van der Waals surface area contributed by atoms with Gasteiger partial charge < -0.3 is 10.4 Å². The van der Waals surface area contributed by atoms with Gasteiger partial charge in [-0.2, -0.15) is 0 Å². The van der Waals surface area contributed by atoms with Crippen LogP contribution in [0.15, 0.2) is 24.3 Å².